The Morgan fingerprint density at radius 2 is 1.27 bits per heavy atom. The first-order valence-corrected chi connectivity index (χ1v) is 16.4. The molecule has 10 heteroatoms. The minimum absolute atomic E-state index is 0.0350. The third-order valence-corrected chi connectivity index (χ3v) is 9.60. The van der Waals surface area contributed by atoms with Crippen molar-refractivity contribution >= 4 is 35.6 Å². The fourth-order valence-electron chi connectivity index (χ4n) is 7.00. The lowest BCUT2D eigenvalue weighted by Crippen LogP contribution is -2.40. The van der Waals surface area contributed by atoms with Gasteiger partial charge < -0.3 is 19.3 Å². The van der Waals surface area contributed by atoms with E-state index < -0.39 is 0 Å². The Bertz CT molecular complexity index is 1320. The van der Waals surface area contributed by atoms with Gasteiger partial charge in [0.2, 0.25) is 0 Å². The lowest BCUT2D eigenvalue weighted by molar-refractivity contribution is -0.323. The Hall–Kier alpha value is -3.76. The molecule has 0 aliphatic carbocycles. The van der Waals surface area contributed by atoms with Gasteiger partial charge in [-0.2, -0.15) is 0 Å². The van der Waals surface area contributed by atoms with Crippen molar-refractivity contribution in [2.45, 2.75) is 82.4 Å². The quantitative estimate of drug-likeness (QED) is 0.140. The number of unbranched alkanes of at least 4 members (excludes halogenated alkanes) is 6. The van der Waals surface area contributed by atoms with Crippen LogP contribution < -0.4 is 9.47 Å². The Morgan fingerprint density at radius 3 is 1.91 bits per heavy atom. The van der Waals surface area contributed by atoms with E-state index in [-0.39, 0.29) is 30.0 Å². The van der Waals surface area contributed by atoms with Crippen molar-refractivity contribution in [3.05, 3.63) is 47.5 Å². The molecule has 0 radical (unpaired) electrons. The Labute approximate surface area is 265 Å². The molecule has 2 amide bonds. The van der Waals surface area contributed by atoms with Crippen LogP contribution >= 0.6 is 0 Å². The number of ether oxygens (including phenoxy) is 2. The van der Waals surface area contributed by atoms with E-state index in [2.05, 4.69) is 9.98 Å². The van der Waals surface area contributed by atoms with Gasteiger partial charge in [0.05, 0.1) is 55.4 Å². The number of aliphatic imine (C=N–C) groups is 2. The van der Waals surface area contributed by atoms with Crippen LogP contribution in [0.25, 0.3) is 0 Å². The molecule has 4 aliphatic heterocycles. The predicted octanol–water partition coefficient (Wildman–Crippen LogP) is 6.32. The average Bonchev–Trinajstić information content (AvgIpc) is 3.60. The van der Waals surface area contributed by atoms with Gasteiger partial charge in [0.25, 0.3) is 11.8 Å². The van der Waals surface area contributed by atoms with Crippen LogP contribution in [0.15, 0.2) is 46.4 Å². The maximum absolute atomic E-state index is 13.2. The normalized spacial score (nSPS) is 23.3. The van der Waals surface area contributed by atoms with Crippen LogP contribution in [-0.4, -0.2) is 86.1 Å². The van der Waals surface area contributed by atoms with E-state index in [4.69, 9.17) is 19.2 Å². The summed E-state index contributed by atoms with van der Waals surface area (Å²) in [5.74, 6) is 1.91. The highest BCUT2D eigenvalue weighted by molar-refractivity contribution is 6.04. The number of hydrogen-bond donors (Lipinski definition) is 0. The number of methoxy groups -OCH3 is 2. The Balaban J connectivity index is 0.836. The lowest BCUT2D eigenvalue weighted by atomic mass is 9.94. The number of hydrogen-bond acceptors (Lipinski definition) is 8. The molecule has 4 heterocycles. The standard InChI is InChI=1S/C35H44N4O6/c1-42-25-11-13-27-29(20-25)36-22-31-24(15-17-38(31)34(27)40)10-8-6-4-3-5-7-9-19-44-45-33-16-18-39-32(33)23-37-30-21-26(43-2)12-14-28(30)35(39)41/h11-14,20-24,31-33H,3-10,15-19H2,1-2H3/t24?,31-,32-,33?/m1/s1. The molecule has 6 rings (SSSR count). The fraction of sp³-hybridized carbons (Fsp3) is 0.543. The number of fused-ring (bicyclic) bond motifs is 4. The van der Waals surface area contributed by atoms with E-state index in [0.29, 0.717) is 47.3 Å². The Kier molecular flexibility index (Phi) is 10.1. The second-order valence-electron chi connectivity index (χ2n) is 12.4. The van der Waals surface area contributed by atoms with Crippen LogP contribution in [0, 0.1) is 5.92 Å². The van der Waals surface area contributed by atoms with E-state index in [1.165, 1.54) is 32.1 Å². The summed E-state index contributed by atoms with van der Waals surface area (Å²) >= 11 is 0. The number of benzene rings is 2. The van der Waals surface area contributed by atoms with E-state index in [1.54, 1.807) is 38.6 Å². The summed E-state index contributed by atoms with van der Waals surface area (Å²) in [5, 5.41) is 0. The first-order chi connectivity index (χ1) is 22.1. The number of nitrogens with zero attached hydrogens (tertiary/aromatic N) is 4. The van der Waals surface area contributed by atoms with Gasteiger partial charge in [0.15, 0.2) is 0 Å². The van der Waals surface area contributed by atoms with Crippen LogP contribution in [0.4, 0.5) is 11.4 Å². The molecule has 2 unspecified atom stereocenters. The van der Waals surface area contributed by atoms with Gasteiger partial charge in [0.1, 0.15) is 17.6 Å². The van der Waals surface area contributed by atoms with Gasteiger partial charge in [-0.25, -0.2) is 9.78 Å². The van der Waals surface area contributed by atoms with Crippen LogP contribution in [0.1, 0.15) is 84.9 Å². The molecule has 45 heavy (non-hydrogen) atoms. The van der Waals surface area contributed by atoms with Gasteiger partial charge in [-0.3, -0.25) is 19.6 Å². The van der Waals surface area contributed by atoms with E-state index in [1.807, 2.05) is 34.2 Å². The summed E-state index contributed by atoms with van der Waals surface area (Å²) in [7, 11) is 3.23. The topological polar surface area (TPSA) is 102 Å². The molecule has 2 aromatic carbocycles. The molecule has 0 aromatic heterocycles. The molecule has 2 saturated heterocycles. The van der Waals surface area contributed by atoms with E-state index >= 15 is 0 Å². The van der Waals surface area contributed by atoms with Crippen LogP contribution in [-0.2, 0) is 9.78 Å². The molecular formula is C35H44N4O6. The highest BCUT2D eigenvalue weighted by Crippen LogP contribution is 2.36. The summed E-state index contributed by atoms with van der Waals surface area (Å²) in [6.07, 6.45) is 14.5. The van der Waals surface area contributed by atoms with Crippen molar-refractivity contribution < 1.29 is 28.8 Å². The second kappa shape index (κ2) is 14.6. The van der Waals surface area contributed by atoms with Crippen molar-refractivity contribution in [2.24, 2.45) is 15.9 Å². The van der Waals surface area contributed by atoms with Crippen LogP contribution in [0.5, 0.6) is 11.5 Å². The largest absolute Gasteiger partial charge is 0.497 e. The highest BCUT2D eigenvalue weighted by Gasteiger charge is 2.40. The van der Waals surface area contributed by atoms with Gasteiger partial charge in [-0.1, -0.05) is 38.5 Å². The lowest BCUT2D eigenvalue weighted by Gasteiger charge is -2.23. The molecule has 2 fully saturated rings. The zero-order valence-electron chi connectivity index (χ0n) is 26.4. The molecule has 240 valence electrons. The van der Waals surface area contributed by atoms with Crippen LogP contribution in [0.2, 0.25) is 0 Å². The van der Waals surface area contributed by atoms with Crippen molar-refractivity contribution in [3.63, 3.8) is 0 Å². The third-order valence-electron chi connectivity index (χ3n) is 9.60. The van der Waals surface area contributed by atoms with Gasteiger partial charge >= 0.3 is 0 Å². The smallest absolute Gasteiger partial charge is 0.256 e. The van der Waals surface area contributed by atoms with Crippen molar-refractivity contribution in [1.82, 2.24) is 9.80 Å². The number of amides is 2. The number of carbonyl (C=O) groups is 2. The maximum Gasteiger partial charge on any atom is 0.256 e. The molecular weight excluding hydrogens is 572 g/mol. The minimum Gasteiger partial charge on any atom is -0.497 e. The summed E-state index contributed by atoms with van der Waals surface area (Å²) in [4.78, 5) is 50.7. The van der Waals surface area contributed by atoms with Crippen molar-refractivity contribution in [3.8, 4) is 11.5 Å². The van der Waals surface area contributed by atoms with Gasteiger partial charge in [-0.15, -0.1) is 0 Å². The highest BCUT2D eigenvalue weighted by atomic mass is 17.2. The van der Waals surface area contributed by atoms with Crippen molar-refractivity contribution in [1.29, 1.82) is 0 Å². The molecule has 4 aliphatic rings. The zero-order valence-corrected chi connectivity index (χ0v) is 26.4. The number of carbonyl (C=O) groups excluding carboxylic acids is 2. The molecule has 0 saturated carbocycles. The molecule has 0 spiro atoms. The molecule has 0 bridgehead atoms. The van der Waals surface area contributed by atoms with Crippen molar-refractivity contribution in [2.75, 3.05) is 33.9 Å². The average molecular weight is 617 g/mol. The van der Waals surface area contributed by atoms with E-state index in [0.717, 1.165) is 44.4 Å². The van der Waals surface area contributed by atoms with Gasteiger partial charge in [0, 0.05) is 37.7 Å². The van der Waals surface area contributed by atoms with Crippen LogP contribution in [0.3, 0.4) is 0 Å². The second-order valence-corrected chi connectivity index (χ2v) is 12.4. The maximum atomic E-state index is 13.2. The Morgan fingerprint density at radius 1 is 0.711 bits per heavy atom. The summed E-state index contributed by atoms with van der Waals surface area (Å²) < 4.78 is 10.6. The predicted molar refractivity (Wildman–Crippen MR) is 172 cm³/mol. The molecule has 2 aromatic rings. The molecule has 4 atom stereocenters. The summed E-state index contributed by atoms with van der Waals surface area (Å²) in [6.45, 7) is 1.96. The zero-order chi connectivity index (χ0) is 31.2. The summed E-state index contributed by atoms with van der Waals surface area (Å²) in [5.41, 5.74) is 2.57. The monoisotopic (exact) mass is 616 g/mol. The first-order valence-electron chi connectivity index (χ1n) is 16.4. The van der Waals surface area contributed by atoms with E-state index in [9.17, 15) is 9.59 Å². The summed E-state index contributed by atoms with van der Waals surface area (Å²) in [6, 6.07) is 10.7. The van der Waals surface area contributed by atoms with Gasteiger partial charge in [-0.05, 0) is 55.9 Å². The third kappa shape index (κ3) is 6.92. The fourth-order valence-corrected chi connectivity index (χ4v) is 7.00. The molecule has 10 nitrogen and oxygen atoms in total. The first kappa shape index (κ1) is 31.2. The number of rotatable bonds is 14. The molecule has 0 N–H and O–H groups in total. The minimum atomic E-state index is -0.237. The SMILES string of the molecule is COc1ccc2c(c1)N=C[C@@H]1C(CCCCCCCCCOOC3CCN4C(=O)c5ccc(OC)cc5N=C[C@H]34)CCN1C2=O.